The Morgan fingerprint density at radius 1 is 1.24 bits per heavy atom. The first kappa shape index (κ1) is 14.8. The van der Waals surface area contributed by atoms with Crippen LogP contribution in [0.5, 0.6) is 0 Å². The zero-order chi connectivity index (χ0) is 13.3. The van der Waals surface area contributed by atoms with Crippen molar-refractivity contribution in [2.24, 2.45) is 16.7 Å². The van der Waals surface area contributed by atoms with Gasteiger partial charge in [-0.05, 0) is 10.8 Å². The average molecular weight is 262 g/mol. The van der Waals surface area contributed by atoms with Gasteiger partial charge in [0.15, 0.2) is 0 Å². The van der Waals surface area contributed by atoms with Crippen LogP contribution in [0.1, 0.15) is 27.7 Å². The highest BCUT2D eigenvalue weighted by atomic mass is 35.5. The van der Waals surface area contributed by atoms with Crippen LogP contribution in [0.3, 0.4) is 0 Å². The molecule has 100 valence electrons. The number of carbonyl (C=O) groups excluding carboxylic acids is 1. The lowest BCUT2D eigenvalue weighted by molar-refractivity contribution is -0.134. The van der Waals surface area contributed by atoms with E-state index in [1.54, 1.807) is 7.11 Å². The molecule has 0 spiro atoms. The zero-order valence-corrected chi connectivity index (χ0v) is 12.3. The Balaban J connectivity index is 2.67. The molecule has 1 saturated carbocycles. The molecule has 0 bridgehead atoms. The fourth-order valence-corrected chi connectivity index (χ4v) is 2.84. The summed E-state index contributed by atoms with van der Waals surface area (Å²) in [4.78, 5) is 14.3. The van der Waals surface area contributed by atoms with Crippen LogP contribution in [0.25, 0.3) is 0 Å². The molecule has 0 aromatic carbocycles. The fourth-order valence-electron chi connectivity index (χ4n) is 2.63. The van der Waals surface area contributed by atoms with Crippen LogP contribution in [0.4, 0.5) is 0 Å². The van der Waals surface area contributed by atoms with Crippen molar-refractivity contribution in [2.45, 2.75) is 27.7 Å². The predicted octanol–water partition coefficient (Wildman–Crippen LogP) is 2.38. The number of carbonyl (C=O) groups is 1. The molecule has 1 aliphatic rings. The summed E-state index contributed by atoms with van der Waals surface area (Å²) in [5, 5.41) is 0. The van der Waals surface area contributed by atoms with E-state index in [2.05, 4.69) is 27.7 Å². The monoisotopic (exact) mass is 261 g/mol. The molecule has 0 N–H and O–H groups in total. The molecule has 0 unspecified atom stereocenters. The maximum Gasteiger partial charge on any atom is 0.226 e. The molecule has 0 saturated heterocycles. The first-order valence-electron chi connectivity index (χ1n) is 6.14. The van der Waals surface area contributed by atoms with Gasteiger partial charge >= 0.3 is 0 Å². The topological polar surface area (TPSA) is 29.5 Å². The van der Waals surface area contributed by atoms with Crippen molar-refractivity contribution in [1.82, 2.24) is 4.90 Å². The Labute approximate surface area is 109 Å². The van der Waals surface area contributed by atoms with Gasteiger partial charge < -0.3 is 9.64 Å². The maximum absolute atomic E-state index is 12.4. The summed E-state index contributed by atoms with van der Waals surface area (Å²) in [5.41, 5.74) is 0.170. The van der Waals surface area contributed by atoms with Crippen LogP contribution < -0.4 is 0 Å². The Hall–Kier alpha value is -0.280. The van der Waals surface area contributed by atoms with E-state index >= 15 is 0 Å². The van der Waals surface area contributed by atoms with E-state index in [4.69, 9.17) is 16.3 Å². The maximum atomic E-state index is 12.4. The summed E-state index contributed by atoms with van der Waals surface area (Å²) in [6.07, 6.45) is 0. The Bertz CT molecular complexity index is 275. The number of ether oxygens (including phenoxy) is 1. The van der Waals surface area contributed by atoms with Crippen molar-refractivity contribution in [3.63, 3.8) is 0 Å². The number of hydrogen-bond donors (Lipinski definition) is 0. The highest BCUT2D eigenvalue weighted by Gasteiger charge is 2.68. The number of alkyl halides is 1. The summed E-state index contributed by atoms with van der Waals surface area (Å²) in [6, 6.07) is 0. The number of halogens is 1. The Morgan fingerprint density at radius 3 is 2.12 bits per heavy atom. The van der Waals surface area contributed by atoms with Crippen LogP contribution in [0, 0.1) is 16.7 Å². The molecular formula is C13H24ClNO2. The van der Waals surface area contributed by atoms with Crippen molar-refractivity contribution >= 4 is 17.5 Å². The molecule has 0 radical (unpaired) electrons. The summed E-state index contributed by atoms with van der Waals surface area (Å²) < 4.78 is 5.04. The Kier molecular flexibility index (Phi) is 4.48. The standard InChI is InChI=1S/C13H24ClNO2/c1-12(2)10(13(12,3)4)11(16)15(7-6-14)8-9-17-5/h10H,6-9H2,1-5H3. The predicted molar refractivity (Wildman–Crippen MR) is 70.2 cm³/mol. The van der Waals surface area contributed by atoms with Crippen molar-refractivity contribution in [2.75, 3.05) is 32.7 Å². The van der Waals surface area contributed by atoms with Gasteiger partial charge in [-0.1, -0.05) is 27.7 Å². The molecule has 3 nitrogen and oxygen atoms in total. The van der Waals surface area contributed by atoms with Crippen LogP contribution in [-0.4, -0.2) is 43.5 Å². The number of nitrogens with zero attached hydrogens (tertiary/aromatic N) is 1. The van der Waals surface area contributed by atoms with E-state index in [0.717, 1.165) is 0 Å². The molecule has 1 aliphatic carbocycles. The largest absolute Gasteiger partial charge is 0.383 e. The summed E-state index contributed by atoms with van der Waals surface area (Å²) in [7, 11) is 1.65. The lowest BCUT2D eigenvalue weighted by Gasteiger charge is -2.22. The molecule has 0 aliphatic heterocycles. The van der Waals surface area contributed by atoms with Gasteiger partial charge in [0, 0.05) is 32.0 Å². The molecule has 0 atom stereocenters. The van der Waals surface area contributed by atoms with E-state index in [-0.39, 0.29) is 22.7 Å². The van der Waals surface area contributed by atoms with Gasteiger partial charge in [-0.3, -0.25) is 4.79 Å². The van der Waals surface area contributed by atoms with Gasteiger partial charge in [0.2, 0.25) is 5.91 Å². The molecule has 17 heavy (non-hydrogen) atoms. The zero-order valence-electron chi connectivity index (χ0n) is 11.5. The molecule has 1 amide bonds. The van der Waals surface area contributed by atoms with E-state index in [1.165, 1.54) is 0 Å². The van der Waals surface area contributed by atoms with Gasteiger partial charge in [0.1, 0.15) is 0 Å². The quantitative estimate of drug-likeness (QED) is 0.687. The number of methoxy groups -OCH3 is 1. The summed E-state index contributed by atoms with van der Waals surface area (Å²) >= 11 is 5.75. The van der Waals surface area contributed by atoms with Gasteiger partial charge in [-0.15, -0.1) is 11.6 Å². The SMILES string of the molecule is COCCN(CCCl)C(=O)C1C(C)(C)C1(C)C. The molecular weight excluding hydrogens is 238 g/mol. The minimum Gasteiger partial charge on any atom is -0.383 e. The fraction of sp³-hybridized carbons (Fsp3) is 0.923. The molecule has 0 aromatic heterocycles. The number of amides is 1. The van der Waals surface area contributed by atoms with Gasteiger partial charge in [0.25, 0.3) is 0 Å². The number of rotatable bonds is 6. The van der Waals surface area contributed by atoms with Crippen LogP contribution in [-0.2, 0) is 9.53 Å². The van der Waals surface area contributed by atoms with Gasteiger partial charge in [-0.2, -0.15) is 0 Å². The smallest absolute Gasteiger partial charge is 0.226 e. The first-order chi connectivity index (χ1) is 7.80. The van der Waals surface area contributed by atoms with Crippen LogP contribution in [0.2, 0.25) is 0 Å². The Morgan fingerprint density at radius 2 is 1.76 bits per heavy atom. The average Bonchev–Trinajstić information content (AvgIpc) is 2.63. The lowest BCUT2D eigenvalue weighted by atomic mass is 10.0. The van der Waals surface area contributed by atoms with Crippen molar-refractivity contribution in [1.29, 1.82) is 0 Å². The van der Waals surface area contributed by atoms with Crippen molar-refractivity contribution in [3.8, 4) is 0 Å². The van der Waals surface area contributed by atoms with E-state index < -0.39 is 0 Å². The van der Waals surface area contributed by atoms with Crippen LogP contribution in [0.15, 0.2) is 0 Å². The van der Waals surface area contributed by atoms with E-state index in [0.29, 0.717) is 25.6 Å². The molecule has 4 heteroatoms. The second-order valence-electron chi connectivity index (χ2n) is 5.88. The van der Waals surface area contributed by atoms with Gasteiger partial charge in [0.05, 0.1) is 6.61 Å². The minimum atomic E-state index is 0.0850. The van der Waals surface area contributed by atoms with Crippen LogP contribution >= 0.6 is 11.6 Å². The highest BCUT2D eigenvalue weighted by Crippen LogP contribution is 2.68. The molecule has 1 rings (SSSR count). The highest BCUT2D eigenvalue weighted by molar-refractivity contribution is 6.18. The minimum absolute atomic E-state index is 0.0850. The van der Waals surface area contributed by atoms with E-state index in [1.807, 2.05) is 4.90 Å². The second kappa shape index (κ2) is 5.15. The third-order valence-electron chi connectivity index (χ3n) is 4.50. The number of hydrogen-bond acceptors (Lipinski definition) is 2. The molecule has 0 aromatic rings. The first-order valence-corrected chi connectivity index (χ1v) is 6.67. The molecule has 1 fully saturated rings. The van der Waals surface area contributed by atoms with Crippen molar-refractivity contribution in [3.05, 3.63) is 0 Å². The molecule has 0 heterocycles. The van der Waals surface area contributed by atoms with E-state index in [9.17, 15) is 4.79 Å². The van der Waals surface area contributed by atoms with Gasteiger partial charge in [-0.25, -0.2) is 0 Å². The third-order valence-corrected chi connectivity index (χ3v) is 4.67. The lowest BCUT2D eigenvalue weighted by Crippen LogP contribution is -2.37. The normalized spacial score (nSPS) is 21.3. The summed E-state index contributed by atoms with van der Waals surface area (Å²) in [6.45, 7) is 10.4. The van der Waals surface area contributed by atoms with Crippen molar-refractivity contribution < 1.29 is 9.53 Å². The second-order valence-corrected chi connectivity index (χ2v) is 6.26. The third kappa shape index (κ3) is 2.60. The summed E-state index contributed by atoms with van der Waals surface area (Å²) in [5.74, 6) is 0.802.